The van der Waals surface area contributed by atoms with Gasteiger partial charge < -0.3 is 5.11 Å². The molecule has 0 fully saturated rings. The summed E-state index contributed by atoms with van der Waals surface area (Å²) >= 11 is 0. The van der Waals surface area contributed by atoms with Crippen molar-refractivity contribution in [3.05, 3.63) is 30.1 Å². The van der Waals surface area contributed by atoms with Gasteiger partial charge in [-0.2, -0.15) is 4.57 Å². The van der Waals surface area contributed by atoms with E-state index in [1.165, 1.54) is 0 Å². The van der Waals surface area contributed by atoms with Crippen molar-refractivity contribution in [2.75, 3.05) is 0 Å². The van der Waals surface area contributed by atoms with Gasteiger partial charge in [0.05, 0.1) is 0 Å². The summed E-state index contributed by atoms with van der Waals surface area (Å²) in [5.41, 5.74) is 1.08. The summed E-state index contributed by atoms with van der Waals surface area (Å²) in [5.74, 6) is -0.390. The first kappa shape index (κ1) is 11.7. The van der Waals surface area contributed by atoms with Crippen LogP contribution in [-0.2, 0) is 4.79 Å². The van der Waals surface area contributed by atoms with Crippen LogP contribution in [0.5, 0.6) is 0 Å². The third-order valence-corrected chi connectivity index (χ3v) is 2.31. The molecule has 15 heavy (non-hydrogen) atoms. The largest absolute Gasteiger partial charge is 0.476 e. The topological polar surface area (TPSA) is 41.2 Å². The maximum atomic E-state index is 11.1. The summed E-state index contributed by atoms with van der Waals surface area (Å²) in [7, 11) is 0. The lowest BCUT2D eigenvalue weighted by Crippen LogP contribution is -2.44. The molecule has 1 aromatic rings. The highest BCUT2D eigenvalue weighted by molar-refractivity contribution is 5.69. The summed E-state index contributed by atoms with van der Waals surface area (Å²) in [4.78, 5) is 11.1. The molecule has 3 heteroatoms. The fourth-order valence-electron chi connectivity index (χ4n) is 1.61. The van der Waals surface area contributed by atoms with E-state index in [-0.39, 0.29) is 0 Å². The molecule has 0 spiro atoms. The van der Waals surface area contributed by atoms with E-state index in [9.17, 15) is 4.79 Å². The Morgan fingerprint density at radius 2 is 2.20 bits per heavy atom. The van der Waals surface area contributed by atoms with E-state index in [0.717, 1.165) is 5.56 Å². The molecular formula is C12H18NO2+. The fourth-order valence-corrected chi connectivity index (χ4v) is 1.61. The monoisotopic (exact) mass is 208 g/mol. The molecule has 1 rings (SSSR count). The number of aliphatic carboxylic acids is 1. The number of aromatic nitrogens is 1. The molecule has 82 valence electrons. The van der Waals surface area contributed by atoms with Gasteiger partial charge in [-0.1, -0.05) is 13.8 Å². The Labute approximate surface area is 90.4 Å². The first-order valence-electron chi connectivity index (χ1n) is 5.21. The van der Waals surface area contributed by atoms with Crippen LogP contribution in [0.4, 0.5) is 0 Å². The number of hydrogen-bond donors (Lipinski definition) is 1. The third-order valence-electron chi connectivity index (χ3n) is 2.31. The molecule has 0 amide bonds. The maximum absolute atomic E-state index is 11.1. The second-order valence-corrected chi connectivity index (χ2v) is 4.31. The molecule has 0 saturated heterocycles. The third kappa shape index (κ3) is 3.35. The SMILES string of the molecule is Cc1ccc[n+]([C@H](CC(C)C)C(=O)O)c1. The van der Waals surface area contributed by atoms with Crippen molar-refractivity contribution < 1.29 is 14.5 Å². The molecule has 3 nitrogen and oxygen atoms in total. The number of carboxylic acids is 1. The molecule has 0 aliphatic carbocycles. The smallest absolute Gasteiger partial charge is 0.373 e. The van der Waals surface area contributed by atoms with Gasteiger partial charge in [-0.05, 0) is 18.9 Å². The number of carboxylic acid groups (broad SMARTS) is 1. The van der Waals surface area contributed by atoms with Crippen LogP contribution in [0.2, 0.25) is 0 Å². The maximum Gasteiger partial charge on any atom is 0.373 e. The van der Waals surface area contributed by atoms with Gasteiger partial charge in [-0.25, -0.2) is 4.79 Å². The zero-order valence-electron chi connectivity index (χ0n) is 9.47. The second-order valence-electron chi connectivity index (χ2n) is 4.31. The average Bonchev–Trinajstić information content (AvgIpc) is 2.13. The number of carbonyl (C=O) groups is 1. The Bertz CT molecular complexity index is 347. The Morgan fingerprint density at radius 3 is 2.67 bits per heavy atom. The van der Waals surface area contributed by atoms with E-state index < -0.39 is 12.0 Å². The van der Waals surface area contributed by atoms with Crippen LogP contribution in [0.15, 0.2) is 24.5 Å². The van der Waals surface area contributed by atoms with Gasteiger partial charge in [0.2, 0.25) is 0 Å². The standard InChI is InChI=1S/C12H17NO2/c1-9(2)7-11(12(14)15)13-6-4-5-10(3)8-13/h4-6,8-9,11H,7H2,1-3H3/p+1/t11-/m1/s1. The molecule has 1 atom stereocenters. The summed E-state index contributed by atoms with van der Waals surface area (Å²) in [6.45, 7) is 6.03. The van der Waals surface area contributed by atoms with Crippen LogP contribution in [-0.4, -0.2) is 11.1 Å². The Morgan fingerprint density at radius 1 is 1.53 bits per heavy atom. The van der Waals surface area contributed by atoms with Crippen molar-refractivity contribution in [2.24, 2.45) is 5.92 Å². The van der Waals surface area contributed by atoms with E-state index in [2.05, 4.69) is 0 Å². The van der Waals surface area contributed by atoms with Crippen LogP contribution in [0.3, 0.4) is 0 Å². The van der Waals surface area contributed by atoms with Crippen molar-refractivity contribution in [3.8, 4) is 0 Å². The number of aryl methyl sites for hydroxylation is 1. The summed E-state index contributed by atoms with van der Waals surface area (Å²) < 4.78 is 1.78. The number of pyridine rings is 1. The van der Waals surface area contributed by atoms with Crippen LogP contribution in [0.25, 0.3) is 0 Å². The van der Waals surface area contributed by atoms with Crippen molar-refractivity contribution in [3.63, 3.8) is 0 Å². The lowest BCUT2D eigenvalue weighted by Gasteiger charge is -2.10. The highest BCUT2D eigenvalue weighted by Crippen LogP contribution is 2.12. The Hall–Kier alpha value is -1.38. The van der Waals surface area contributed by atoms with Crippen LogP contribution < -0.4 is 4.57 Å². The number of nitrogens with zero attached hydrogens (tertiary/aromatic N) is 1. The van der Waals surface area contributed by atoms with E-state index in [1.807, 2.05) is 45.3 Å². The molecule has 0 aliphatic heterocycles. The minimum absolute atomic E-state index is 0.374. The van der Waals surface area contributed by atoms with Crippen LogP contribution in [0, 0.1) is 12.8 Å². The van der Waals surface area contributed by atoms with Gasteiger partial charge >= 0.3 is 5.97 Å². The lowest BCUT2D eigenvalue weighted by molar-refractivity contribution is -0.712. The quantitative estimate of drug-likeness (QED) is 0.768. The Balaban J connectivity index is 2.94. The molecule has 1 N–H and O–H groups in total. The first-order chi connectivity index (χ1) is 7.00. The van der Waals surface area contributed by atoms with E-state index in [0.29, 0.717) is 12.3 Å². The zero-order valence-corrected chi connectivity index (χ0v) is 9.47. The second kappa shape index (κ2) is 4.91. The predicted octanol–water partition coefficient (Wildman–Crippen LogP) is 1.95. The number of rotatable bonds is 4. The van der Waals surface area contributed by atoms with Crippen molar-refractivity contribution in [1.29, 1.82) is 0 Å². The van der Waals surface area contributed by atoms with E-state index in [4.69, 9.17) is 5.11 Å². The highest BCUT2D eigenvalue weighted by atomic mass is 16.4. The number of hydrogen-bond acceptors (Lipinski definition) is 1. The van der Waals surface area contributed by atoms with Crippen molar-refractivity contribution >= 4 is 5.97 Å². The minimum atomic E-state index is -0.765. The molecule has 1 aromatic heterocycles. The van der Waals surface area contributed by atoms with E-state index in [1.54, 1.807) is 4.57 Å². The van der Waals surface area contributed by atoms with Gasteiger partial charge in [-0.3, -0.25) is 0 Å². The zero-order chi connectivity index (χ0) is 11.4. The van der Waals surface area contributed by atoms with Gasteiger partial charge in [0.15, 0.2) is 12.4 Å². The normalized spacial score (nSPS) is 12.8. The molecule has 0 radical (unpaired) electrons. The summed E-state index contributed by atoms with van der Waals surface area (Å²) in [6, 6.07) is 3.39. The van der Waals surface area contributed by atoms with Gasteiger partial charge in [-0.15, -0.1) is 0 Å². The Kier molecular flexibility index (Phi) is 3.83. The van der Waals surface area contributed by atoms with Gasteiger partial charge in [0, 0.05) is 18.1 Å². The highest BCUT2D eigenvalue weighted by Gasteiger charge is 2.27. The minimum Gasteiger partial charge on any atom is -0.476 e. The van der Waals surface area contributed by atoms with Crippen molar-refractivity contribution in [2.45, 2.75) is 33.2 Å². The average molecular weight is 208 g/mol. The summed E-state index contributed by atoms with van der Waals surface area (Å²) in [5, 5.41) is 9.15. The fraction of sp³-hybridized carbons (Fsp3) is 0.500. The lowest BCUT2D eigenvalue weighted by atomic mass is 10.0. The molecule has 1 heterocycles. The van der Waals surface area contributed by atoms with Gasteiger partial charge in [0.25, 0.3) is 6.04 Å². The molecule has 0 bridgehead atoms. The molecule has 0 aliphatic rings. The van der Waals surface area contributed by atoms with Gasteiger partial charge in [0.1, 0.15) is 0 Å². The van der Waals surface area contributed by atoms with Crippen LogP contribution in [0.1, 0.15) is 31.9 Å². The van der Waals surface area contributed by atoms with E-state index >= 15 is 0 Å². The predicted molar refractivity (Wildman–Crippen MR) is 57.5 cm³/mol. The molecule has 0 saturated carbocycles. The molecule has 0 aromatic carbocycles. The molecular weight excluding hydrogens is 190 g/mol. The van der Waals surface area contributed by atoms with Crippen molar-refractivity contribution in [1.82, 2.24) is 0 Å². The molecule has 0 unspecified atom stereocenters. The first-order valence-corrected chi connectivity index (χ1v) is 5.21. The van der Waals surface area contributed by atoms with Crippen LogP contribution >= 0.6 is 0 Å². The summed E-state index contributed by atoms with van der Waals surface area (Å²) in [6.07, 6.45) is 4.35.